The molecule has 4 aliphatic rings. The van der Waals surface area contributed by atoms with Crippen LogP contribution in [0.3, 0.4) is 0 Å². The highest BCUT2D eigenvalue weighted by molar-refractivity contribution is 7.00. The predicted octanol–water partition coefficient (Wildman–Crippen LogP) is 17.1. The van der Waals surface area contributed by atoms with E-state index in [1.54, 1.807) is 0 Å². The number of anilines is 6. The maximum atomic E-state index is 7.46. The normalized spacial score (nSPS) is 18.4. The molecule has 3 nitrogen and oxygen atoms in total. The van der Waals surface area contributed by atoms with Crippen LogP contribution in [0.2, 0.25) is 0 Å². The van der Waals surface area contributed by atoms with Crippen LogP contribution in [0.25, 0.3) is 22.1 Å². The summed E-state index contributed by atoms with van der Waals surface area (Å²) in [7, 11) is 0. The van der Waals surface area contributed by atoms with Crippen molar-refractivity contribution in [3.8, 4) is 11.1 Å². The molecule has 0 bridgehead atoms. The van der Waals surface area contributed by atoms with Crippen molar-refractivity contribution < 1.29 is 4.42 Å². The first kappa shape index (κ1) is 47.8. The zero-order chi connectivity index (χ0) is 50.9. The van der Waals surface area contributed by atoms with Crippen LogP contribution in [-0.4, -0.2) is 6.71 Å². The van der Waals surface area contributed by atoms with E-state index in [1.165, 1.54) is 125 Å². The Kier molecular flexibility index (Phi) is 10.3. The molecule has 3 heterocycles. The standard InChI is InChI=1S/C67H79BN2O/c1-40-19-26-54-52(33-40)68-58-55(69(45-23-25-49-51(39-45)67(17,18)32-30-65(49,13)14)59-47-36-43(62(5,6)7)22-28-57(47)71-60(59)68)37-44(63(8,9)10)38-56(58)70(54)53-27-21-42(61(2,3)4)35-46(53)41-20-24-48-50(34-41)66(15,16)31-29-64(48,11)12/h19-28,33-39H,29-32H2,1-18H3. The summed E-state index contributed by atoms with van der Waals surface area (Å²) in [6.07, 6.45) is 4.71. The molecule has 0 amide bonds. The van der Waals surface area contributed by atoms with Gasteiger partial charge in [0.1, 0.15) is 5.58 Å². The van der Waals surface area contributed by atoms with E-state index >= 15 is 0 Å². The largest absolute Gasteiger partial charge is 0.468 e. The van der Waals surface area contributed by atoms with Crippen LogP contribution in [0.5, 0.6) is 0 Å². The van der Waals surface area contributed by atoms with Gasteiger partial charge < -0.3 is 14.2 Å². The van der Waals surface area contributed by atoms with E-state index in [0.29, 0.717) is 0 Å². The fourth-order valence-electron chi connectivity index (χ4n) is 12.9. The zero-order valence-electron chi connectivity index (χ0n) is 46.5. The minimum Gasteiger partial charge on any atom is -0.468 e. The van der Waals surface area contributed by atoms with Crippen LogP contribution in [0.4, 0.5) is 34.1 Å². The Labute approximate surface area is 427 Å². The highest BCUT2D eigenvalue weighted by atomic mass is 16.3. The molecule has 11 rings (SSSR count). The minimum absolute atomic E-state index is 0.0386. The fraction of sp³-hybridized carbons (Fsp3) is 0.433. The molecule has 0 atom stereocenters. The third kappa shape index (κ3) is 7.49. The zero-order valence-corrected chi connectivity index (χ0v) is 46.5. The third-order valence-corrected chi connectivity index (χ3v) is 17.9. The van der Waals surface area contributed by atoms with Crippen molar-refractivity contribution in [3.63, 3.8) is 0 Å². The SMILES string of the molecule is Cc1ccc2c(c1)B1c3oc4ccc(C(C)(C)C)cc4c3N(c3ccc4c(c3)C(C)(C)CCC4(C)C)c3cc(C(C)(C)C)cc(c31)N2c1ccc(C(C)(C)C)cc1-c1ccc2c(c1)C(C)(C)CCC2(C)C. The summed E-state index contributed by atoms with van der Waals surface area (Å²) in [4.78, 5) is 5.28. The number of fused-ring (bicyclic) bond motifs is 8. The van der Waals surface area contributed by atoms with E-state index in [4.69, 9.17) is 4.42 Å². The van der Waals surface area contributed by atoms with Crippen molar-refractivity contribution in [2.75, 3.05) is 9.80 Å². The number of benzene rings is 6. The Balaban J connectivity index is 1.26. The molecule has 0 fully saturated rings. The highest BCUT2D eigenvalue weighted by Crippen LogP contribution is 2.54. The summed E-state index contributed by atoms with van der Waals surface area (Å²) in [5, 5.41) is 1.17. The van der Waals surface area contributed by atoms with Gasteiger partial charge in [-0.05, 0) is 181 Å². The highest BCUT2D eigenvalue weighted by Gasteiger charge is 2.49. The van der Waals surface area contributed by atoms with Crippen molar-refractivity contribution in [2.24, 2.45) is 0 Å². The number of furan rings is 1. The lowest BCUT2D eigenvalue weighted by Gasteiger charge is -2.45. The first-order valence-corrected chi connectivity index (χ1v) is 26.9. The predicted molar refractivity (Wildman–Crippen MR) is 307 cm³/mol. The molecule has 2 aliphatic heterocycles. The molecular formula is C67H79BN2O. The van der Waals surface area contributed by atoms with Gasteiger partial charge in [-0.3, -0.25) is 0 Å². The van der Waals surface area contributed by atoms with Gasteiger partial charge in [-0.15, -0.1) is 0 Å². The quantitative estimate of drug-likeness (QED) is 0.165. The van der Waals surface area contributed by atoms with Gasteiger partial charge >= 0.3 is 0 Å². The molecule has 2 aliphatic carbocycles. The monoisotopic (exact) mass is 939 g/mol. The second kappa shape index (κ2) is 15.3. The molecular weight excluding hydrogens is 860 g/mol. The van der Waals surface area contributed by atoms with E-state index in [2.05, 4.69) is 238 Å². The molecule has 0 saturated heterocycles. The van der Waals surface area contributed by atoms with Crippen LogP contribution in [-0.2, 0) is 37.9 Å². The Morgan fingerprint density at radius 1 is 0.465 bits per heavy atom. The average molecular weight is 939 g/mol. The lowest BCUT2D eigenvalue weighted by Crippen LogP contribution is -2.61. The van der Waals surface area contributed by atoms with E-state index in [9.17, 15) is 0 Å². The summed E-state index contributed by atoms with van der Waals surface area (Å²) in [5.74, 6) is 0. The minimum atomic E-state index is -0.151. The fourth-order valence-corrected chi connectivity index (χ4v) is 12.9. The van der Waals surface area contributed by atoms with Crippen LogP contribution in [0.15, 0.2) is 108 Å². The van der Waals surface area contributed by atoms with E-state index in [-0.39, 0.29) is 44.6 Å². The van der Waals surface area contributed by atoms with Crippen LogP contribution in [0.1, 0.15) is 188 Å². The number of rotatable bonds is 3. The van der Waals surface area contributed by atoms with Gasteiger partial charge in [0.15, 0.2) is 0 Å². The first-order chi connectivity index (χ1) is 33.0. The van der Waals surface area contributed by atoms with Crippen molar-refractivity contribution >= 4 is 68.4 Å². The van der Waals surface area contributed by atoms with Gasteiger partial charge in [0.25, 0.3) is 6.71 Å². The topological polar surface area (TPSA) is 19.6 Å². The summed E-state index contributed by atoms with van der Waals surface area (Å²) >= 11 is 0. The van der Waals surface area contributed by atoms with Crippen LogP contribution in [0, 0.1) is 6.92 Å². The molecule has 0 spiro atoms. The third-order valence-electron chi connectivity index (χ3n) is 17.9. The lowest BCUT2D eigenvalue weighted by molar-refractivity contribution is 0.332. The number of hydrogen-bond donors (Lipinski definition) is 0. The van der Waals surface area contributed by atoms with Gasteiger partial charge in [-0.1, -0.05) is 172 Å². The number of nitrogens with zero attached hydrogens (tertiary/aromatic N) is 2. The molecule has 0 unspecified atom stereocenters. The van der Waals surface area contributed by atoms with Gasteiger partial charge in [0.2, 0.25) is 0 Å². The van der Waals surface area contributed by atoms with Gasteiger partial charge in [0.05, 0.1) is 17.0 Å². The maximum absolute atomic E-state index is 7.46. The molecule has 4 heteroatoms. The lowest BCUT2D eigenvalue weighted by atomic mass is 9.35. The van der Waals surface area contributed by atoms with E-state index in [1.807, 2.05) is 0 Å². The van der Waals surface area contributed by atoms with Crippen molar-refractivity contribution in [1.82, 2.24) is 0 Å². The smallest absolute Gasteiger partial charge is 0.297 e. The van der Waals surface area contributed by atoms with E-state index < -0.39 is 0 Å². The Bertz CT molecular complexity index is 3350. The molecule has 0 saturated carbocycles. The molecule has 7 aromatic rings. The first-order valence-electron chi connectivity index (χ1n) is 26.9. The second-order valence-corrected chi connectivity index (χ2v) is 28.1. The summed E-state index contributed by atoms with van der Waals surface area (Å²) in [6, 6.07) is 41.5. The van der Waals surface area contributed by atoms with Crippen molar-refractivity contribution in [2.45, 2.75) is 188 Å². The second-order valence-electron chi connectivity index (χ2n) is 28.1. The average Bonchev–Trinajstić information content (AvgIpc) is 3.66. The van der Waals surface area contributed by atoms with Crippen LogP contribution >= 0.6 is 0 Å². The van der Waals surface area contributed by atoms with Gasteiger partial charge in [-0.25, -0.2) is 0 Å². The van der Waals surface area contributed by atoms with Crippen molar-refractivity contribution in [3.05, 3.63) is 148 Å². The molecule has 71 heavy (non-hydrogen) atoms. The molecule has 1 aromatic heterocycles. The summed E-state index contributed by atoms with van der Waals surface area (Å²) in [6.45, 7) is 42.9. The molecule has 366 valence electrons. The van der Waals surface area contributed by atoms with Crippen LogP contribution < -0.4 is 26.4 Å². The summed E-state index contributed by atoms with van der Waals surface area (Å²) < 4.78 is 7.46. The number of aryl methyl sites for hydroxylation is 1. The maximum Gasteiger partial charge on any atom is 0.297 e. The molecule has 6 aromatic carbocycles. The molecule has 0 radical (unpaired) electrons. The number of hydrogen-bond acceptors (Lipinski definition) is 3. The Morgan fingerprint density at radius 2 is 0.986 bits per heavy atom. The molecule has 0 N–H and O–H groups in total. The van der Waals surface area contributed by atoms with E-state index in [0.717, 1.165) is 17.7 Å². The van der Waals surface area contributed by atoms with Gasteiger partial charge in [-0.2, -0.15) is 0 Å². The van der Waals surface area contributed by atoms with Gasteiger partial charge in [0, 0.05) is 33.7 Å². The Morgan fingerprint density at radius 3 is 1.59 bits per heavy atom. The van der Waals surface area contributed by atoms with Crippen molar-refractivity contribution in [1.29, 1.82) is 0 Å². The Hall–Kier alpha value is -5.48. The summed E-state index contributed by atoms with van der Waals surface area (Å²) in [5.41, 5.74) is 25.6.